The molecule has 0 aliphatic heterocycles. The molecule has 3 nitrogen and oxygen atoms in total. The maximum atomic E-state index is 5.95. The lowest BCUT2D eigenvalue weighted by Gasteiger charge is -2.08. The second-order valence-corrected chi connectivity index (χ2v) is 5.08. The Kier molecular flexibility index (Phi) is 3.93. The summed E-state index contributed by atoms with van der Waals surface area (Å²) in [5, 5.41) is 4.35. The Hall–Kier alpha value is -2.26. The molecule has 0 fully saturated rings. The second kappa shape index (κ2) is 6.02. The average Bonchev–Trinajstić information content (AvgIpc) is 2.85. The summed E-state index contributed by atoms with van der Waals surface area (Å²) >= 11 is 0. The van der Waals surface area contributed by atoms with Crippen molar-refractivity contribution in [3.63, 3.8) is 0 Å². The third-order valence-electron chi connectivity index (χ3n) is 3.59. The molecule has 3 rings (SSSR count). The fourth-order valence-electron chi connectivity index (χ4n) is 2.50. The van der Waals surface area contributed by atoms with E-state index in [1.165, 1.54) is 5.56 Å². The number of nitrogens with one attached hydrogen (secondary N) is 1. The van der Waals surface area contributed by atoms with Gasteiger partial charge < -0.3 is 14.5 Å². The maximum Gasteiger partial charge on any atom is 0.147 e. The van der Waals surface area contributed by atoms with E-state index >= 15 is 0 Å². The van der Waals surface area contributed by atoms with Crippen LogP contribution in [0.15, 0.2) is 52.9 Å². The Labute approximate surface area is 124 Å². The minimum atomic E-state index is 0.441. The molecule has 0 amide bonds. The molecule has 0 atom stereocenters. The van der Waals surface area contributed by atoms with Crippen molar-refractivity contribution in [2.24, 2.45) is 0 Å². The zero-order chi connectivity index (χ0) is 14.7. The van der Waals surface area contributed by atoms with Crippen molar-refractivity contribution in [1.82, 2.24) is 5.32 Å². The van der Waals surface area contributed by atoms with Crippen LogP contribution in [0, 0.1) is 6.92 Å². The van der Waals surface area contributed by atoms with Gasteiger partial charge in [0, 0.05) is 17.5 Å². The van der Waals surface area contributed by atoms with E-state index in [2.05, 4.69) is 11.4 Å². The van der Waals surface area contributed by atoms with Crippen molar-refractivity contribution in [3.8, 4) is 5.75 Å². The summed E-state index contributed by atoms with van der Waals surface area (Å²) in [7, 11) is 1.94. The van der Waals surface area contributed by atoms with Crippen LogP contribution in [0.25, 0.3) is 11.0 Å². The van der Waals surface area contributed by atoms with E-state index in [1.54, 1.807) is 0 Å². The van der Waals surface area contributed by atoms with Gasteiger partial charge in [0.05, 0.1) is 0 Å². The lowest BCUT2D eigenvalue weighted by atomic mass is 10.1. The van der Waals surface area contributed by atoms with Gasteiger partial charge in [-0.25, -0.2) is 0 Å². The normalized spacial score (nSPS) is 11.0. The van der Waals surface area contributed by atoms with Crippen molar-refractivity contribution in [2.75, 3.05) is 7.05 Å². The number of rotatable bonds is 5. The van der Waals surface area contributed by atoms with Crippen molar-refractivity contribution >= 4 is 11.0 Å². The summed E-state index contributed by atoms with van der Waals surface area (Å²) in [6.45, 7) is 3.25. The van der Waals surface area contributed by atoms with Crippen LogP contribution in [0.4, 0.5) is 0 Å². The molecule has 0 aliphatic rings. The number of hydrogen-bond donors (Lipinski definition) is 1. The highest BCUT2D eigenvalue weighted by atomic mass is 16.5. The molecule has 1 heterocycles. The molecule has 0 saturated heterocycles. The van der Waals surface area contributed by atoms with Crippen molar-refractivity contribution in [2.45, 2.75) is 20.1 Å². The molecule has 21 heavy (non-hydrogen) atoms. The van der Waals surface area contributed by atoms with Gasteiger partial charge in [-0.3, -0.25) is 0 Å². The van der Waals surface area contributed by atoms with Crippen LogP contribution in [-0.4, -0.2) is 7.05 Å². The Balaban J connectivity index is 1.89. The summed E-state index contributed by atoms with van der Waals surface area (Å²) in [4.78, 5) is 0. The zero-order valence-electron chi connectivity index (χ0n) is 12.3. The van der Waals surface area contributed by atoms with Gasteiger partial charge in [-0.1, -0.05) is 36.4 Å². The Morgan fingerprint density at radius 3 is 2.62 bits per heavy atom. The quantitative estimate of drug-likeness (QED) is 0.766. The number of furan rings is 1. The van der Waals surface area contributed by atoms with E-state index in [9.17, 15) is 0 Å². The minimum Gasteiger partial charge on any atom is -0.485 e. The third kappa shape index (κ3) is 2.78. The number of fused-ring (bicyclic) bond motifs is 1. The van der Waals surface area contributed by atoms with Gasteiger partial charge in [0.2, 0.25) is 0 Å². The summed E-state index contributed by atoms with van der Waals surface area (Å²) in [6.07, 6.45) is 0. The largest absolute Gasteiger partial charge is 0.485 e. The van der Waals surface area contributed by atoms with E-state index in [0.29, 0.717) is 6.61 Å². The number of ether oxygens (including phenoxy) is 1. The topological polar surface area (TPSA) is 34.4 Å². The van der Waals surface area contributed by atoms with Crippen LogP contribution in [-0.2, 0) is 13.2 Å². The zero-order valence-corrected chi connectivity index (χ0v) is 12.3. The number of benzene rings is 2. The summed E-state index contributed by atoms with van der Waals surface area (Å²) in [6, 6.07) is 16.1. The first-order chi connectivity index (χ1) is 10.3. The smallest absolute Gasteiger partial charge is 0.147 e. The minimum absolute atomic E-state index is 0.441. The van der Waals surface area contributed by atoms with Crippen LogP contribution in [0.5, 0.6) is 5.75 Å². The molecular weight excluding hydrogens is 262 g/mol. The Morgan fingerprint density at radius 2 is 1.81 bits per heavy atom. The van der Waals surface area contributed by atoms with E-state index in [4.69, 9.17) is 9.15 Å². The molecule has 1 N–H and O–H groups in total. The molecule has 0 spiro atoms. The molecule has 108 valence electrons. The first-order valence-electron chi connectivity index (χ1n) is 7.12. The van der Waals surface area contributed by atoms with Crippen molar-refractivity contribution in [1.29, 1.82) is 0 Å². The molecule has 1 aromatic heterocycles. The molecule has 0 bridgehead atoms. The average molecular weight is 281 g/mol. The lowest BCUT2D eigenvalue weighted by molar-refractivity contribution is 0.270. The Bertz CT molecular complexity index is 746. The highest BCUT2D eigenvalue weighted by Crippen LogP contribution is 2.27. The van der Waals surface area contributed by atoms with Crippen LogP contribution in [0.3, 0.4) is 0 Å². The van der Waals surface area contributed by atoms with Crippen LogP contribution >= 0.6 is 0 Å². The predicted octanol–water partition coefficient (Wildman–Crippen LogP) is 4.04. The van der Waals surface area contributed by atoms with Gasteiger partial charge >= 0.3 is 0 Å². The van der Waals surface area contributed by atoms with Gasteiger partial charge in [0.1, 0.15) is 23.7 Å². The van der Waals surface area contributed by atoms with Gasteiger partial charge in [-0.2, -0.15) is 0 Å². The molecule has 3 heteroatoms. The standard InChI is InChI=1S/C18H19NO2/c1-13-7-3-5-9-16(13)20-12-18-15(11-19-2)14-8-4-6-10-17(14)21-18/h3-10,19H,11-12H2,1-2H3. The second-order valence-electron chi connectivity index (χ2n) is 5.08. The molecule has 3 aromatic rings. The molecule has 0 unspecified atom stereocenters. The van der Waals surface area contributed by atoms with Crippen molar-refractivity contribution in [3.05, 3.63) is 65.4 Å². The maximum absolute atomic E-state index is 5.95. The molecule has 2 aromatic carbocycles. The highest BCUT2D eigenvalue weighted by molar-refractivity contribution is 5.82. The van der Waals surface area contributed by atoms with Crippen LogP contribution < -0.4 is 10.1 Å². The summed E-state index contributed by atoms with van der Waals surface area (Å²) in [5.41, 5.74) is 3.21. The highest BCUT2D eigenvalue weighted by Gasteiger charge is 2.14. The number of hydrogen-bond acceptors (Lipinski definition) is 3. The fraction of sp³-hybridized carbons (Fsp3) is 0.222. The summed E-state index contributed by atoms with van der Waals surface area (Å²) in [5.74, 6) is 1.78. The molecular formula is C18H19NO2. The van der Waals surface area contributed by atoms with E-state index in [0.717, 1.165) is 34.6 Å². The van der Waals surface area contributed by atoms with Gasteiger partial charge in [-0.15, -0.1) is 0 Å². The van der Waals surface area contributed by atoms with E-state index < -0.39 is 0 Å². The third-order valence-corrected chi connectivity index (χ3v) is 3.59. The lowest BCUT2D eigenvalue weighted by Crippen LogP contribution is -2.08. The Morgan fingerprint density at radius 1 is 1.05 bits per heavy atom. The van der Waals surface area contributed by atoms with E-state index in [-0.39, 0.29) is 0 Å². The van der Waals surface area contributed by atoms with Gasteiger partial charge in [0.25, 0.3) is 0 Å². The predicted molar refractivity (Wildman–Crippen MR) is 84.5 cm³/mol. The van der Waals surface area contributed by atoms with E-state index in [1.807, 2.05) is 56.4 Å². The van der Waals surface area contributed by atoms with Crippen LogP contribution in [0.1, 0.15) is 16.9 Å². The molecule has 0 aliphatic carbocycles. The first-order valence-corrected chi connectivity index (χ1v) is 7.12. The molecule has 0 saturated carbocycles. The van der Waals surface area contributed by atoms with Crippen molar-refractivity contribution < 1.29 is 9.15 Å². The first kappa shape index (κ1) is 13.7. The number of aryl methyl sites for hydroxylation is 1. The monoisotopic (exact) mass is 281 g/mol. The fourth-order valence-corrected chi connectivity index (χ4v) is 2.50. The van der Waals surface area contributed by atoms with Crippen LogP contribution in [0.2, 0.25) is 0 Å². The molecule has 0 radical (unpaired) electrons. The number of para-hydroxylation sites is 2. The summed E-state index contributed by atoms with van der Waals surface area (Å²) < 4.78 is 11.9. The van der Waals surface area contributed by atoms with Gasteiger partial charge in [0.15, 0.2) is 0 Å². The van der Waals surface area contributed by atoms with Gasteiger partial charge in [-0.05, 0) is 31.7 Å². The SMILES string of the molecule is CNCc1c(COc2ccccc2C)oc2ccccc12.